The van der Waals surface area contributed by atoms with E-state index in [1.165, 1.54) is 425 Å². The second kappa shape index (κ2) is 67.0. The van der Waals surface area contributed by atoms with E-state index in [0.717, 1.165) is 0 Å². The molecule has 0 heterocycles. The minimum absolute atomic E-state index is 1.36. The SMILES string of the molecule is CCCCCCCCCCCCCCCCN(CCCCCCCCCCCCCCCC)CCCCCCN(CCCCCCCCCCCCCCCC)CCCCCCCCCCCCCCCC. The van der Waals surface area contributed by atoms with Crippen LogP contribution < -0.4 is 0 Å². The van der Waals surface area contributed by atoms with Crippen molar-refractivity contribution in [2.24, 2.45) is 0 Å². The molecule has 0 aliphatic carbocycles. The van der Waals surface area contributed by atoms with E-state index in [-0.39, 0.29) is 0 Å². The van der Waals surface area contributed by atoms with Crippen LogP contribution in [0.25, 0.3) is 0 Å². The standard InChI is InChI=1S/C70H144N2/c1-5-9-13-17-21-25-29-33-37-41-45-49-53-59-65-71(66-60-54-50-46-42-38-34-30-26-22-18-14-10-6-2)69-63-57-58-64-70-72(67-61-55-51-47-43-39-35-31-27-23-19-15-11-7-3)68-62-56-52-48-44-40-36-32-28-24-20-16-12-8-4/h5-70H2,1-4H3. The average Bonchev–Trinajstić information content (AvgIpc) is 3.39. The van der Waals surface area contributed by atoms with E-state index in [1.54, 1.807) is 0 Å². The fourth-order valence-corrected chi connectivity index (χ4v) is 11.8. The van der Waals surface area contributed by atoms with Crippen molar-refractivity contribution in [2.45, 2.75) is 413 Å². The molecular weight excluding hydrogens is 869 g/mol. The van der Waals surface area contributed by atoms with E-state index in [4.69, 9.17) is 0 Å². The van der Waals surface area contributed by atoms with Crippen LogP contribution >= 0.6 is 0 Å². The van der Waals surface area contributed by atoms with E-state index in [9.17, 15) is 0 Å². The second-order valence-corrected chi connectivity index (χ2v) is 24.5. The van der Waals surface area contributed by atoms with Gasteiger partial charge in [-0.05, 0) is 77.8 Å². The highest BCUT2D eigenvalue weighted by molar-refractivity contribution is 4.64. The minimum atomic E-state index is 1.36. The van der Waals surface area contributed by atoms with Gasteiger partial charge in [-0.3, -0.25) is 0 Å². The molecule has 0 aromatic rings. The maximum atomic E-state index is 2.92. The van der Waals surface area contributed by atoms with Crippen molar-refractivity contribution >= 4 is 0 Å². The Kier molecular flexibility index (Phi) is 67.0. The Hall–Kier alpha value is -0.0800. The molecule has 2 nitrogen and oxygen atoms in total. The first-order valence-electron chi connectivity index (χ1n) is 35.2. The molecule has 72 heavy (non-hydrogen) atoms. The van der Waals surface area contributed by atoms with E-state index in [0.29, 0.717) is 0 Å². The van der Waals surface area contributed by atoms with Gasteiger partial charge in [-0.2, -0.15) is 0 Å². The Labute approximate surface area is 459 Å². The molecule has 0 aromatic heterocycles. The molecular formula is C70H144N2. The predicted octanol–water partition coefficient (Wildman–Crippen LogP) is 25.1. The Balaban J connectivity index is 4.62. The van der Waals surface area contributed by atoms with Crippen molar-refractivity contribution in [3.8, 4) is 0 Å². The van der Waals surface area contributed by atoms with Crippen LogP contribution in [0.5, 0.6) is 0 Å². The number of hydrogen-bond donors (Lipinski definition) is 0. The fraction of sp³-hybridized carbons (Fsp3) is 1.00. The van der Waals surface area contributed by atoms with Gasteiger partial charge in [0.05, 0.1) is 0 Å². The molecule has 0 spiro atoms. The largest absolute Gasteiger partial charge is 0.303 e. The van der Waals surface area contributed by atoms with Crippen molar-refractivity contribution in [1.29, 1.82) is 0 Å². The summed E-state index contributed by atoms with van der Waals surface area (Å²) >= 11 is 0. The molecule has 2 heteroatoms. The lowest BCUT2D eigenvalue weighted by atomic mass is 10.0. The molecule has 0 aliphatic rings. The van der Waals surface area contributed by atoms with E-state index >= 15 is 0 Å². The highest BCUT2D eigenvalue weighted by Gasteiger charge is 2.08. The van der Waals surface area contributed by atoms with Crippen molar-refractivity contribution in [2.75, 3.05) is 39.3 Å². The topological polar surface area (TPSA) is 6.48 Å². The summed E-state index contributed by atoms with van der Waals surface area (Å²) in [5, 5.41) is 0. The van der Waals surface area contributed by atoms with Crippen LogP contribution in [-0.2, 0) is 0 Å². The first-order chi connectivity index (χ1) is 35.8. The van der Waals surface area contributed by atoms with Gasteiger partial charge in [-0.15, -0.1) is 0 Å². The molecule has 0 atom stereocenters. The smallest absolute Gasteiger partial charge is 0.00187 e. The maximum Gasteiger partial charge on any atom is -0.00187 e. The lowest BCUT2D eigenvalue weighted by Gasteiger charge is -2.23. The summed E-state index contributed by atoms with van der Waals surface area (Å²) in [6, 6.07) is 0. The molecule has 0 rings (SSSR count). The van der Waals surface area contributed by atoms with Gasteiger partial charge in [0.2, 0.25) is 0 Å². The van der Waals surface area contributed by atoms with Gasteiger partial charge in [-0.25, -0.2) is 0 Å². The molecule has 0 saturated heterocycles. The number of nitrogens with zero attached hydrogens (tertiary/aromatic N) is 2. The highest BCUT2D eigenvalue weighted by Crippen LogP contribution is 2.19. The first-order valence-corrected chi connectivity index (χ1v) is 35.2. The Morgan fingerprint density at radius 1 is 0.111 bits per heavy atom. The summed E-state index contributed by atoms with van der Waals surface area (Å²) in [6.07, 6.45) is 87.7. The van der Waals surface area contributed by atoms with Gasteiger partial charge in [0.25, 0.3) is 0 Å². The van der Waals surface area contributed by atoms with Crippen LogP contribution in [0.15, 0.2) is 0 Å². The maximum absolute atomic E-state index is 2.92. The van der Waals surface area contributed by atoms with Crippen LogP contribution in [0.3, 0.4) is 0 Å². The molecule has 0 saturated carbocycles. The Morgan fingerprint density at radius 2 is 0.194 bits per heavy atom. The highest BCUT2D eigenvalue weighted by atomic mass is 15.1. The van der Waals surface area contributed by atoms with E-state index in [1.807, 2.05) is 0 Å². The predicted molar refractivity (Wildman–Crippen MR) is 333 cm³/mol. The summed E-state index contributed by atoms with van der Waals surface area (Å²) < 4.78 is 0. The van der Waals surface area contributed by atoms with Gasteiger partial charge in [0.1, 0.15) is 0 Å². The van der Waals surface area contributed by atoms with Crippen molar-refractivity contribution in [3.63, 3.8) is 0 Å². The fourth-order valence-electron chi connectivity index (χ4n) is 11.8. The minimum Gasteiger partial charge on any atom is -0.303 e. The molecule has 0 fully saturated rings. The lowest BCUT2D eigenvalue weighted by Crippen LogP contribution is -2.28. The van der Waals surface area contributed by atoms with Gasteiger partial charge in [0, 0.05) is 0 Å². The first kappa shape index (κ1) is 71.9. The van der Waals surface area contributed by atoms with E-state index < -0.39 is 0 Å². The summed E-state index contributed by atoms with van der Waals surface area (Å²) in [4.78, 5) is 5.83. The van der Waals surface area contributed by atoms with Crippen molar-refractivity contribution in [1.82, 2.24) is 9.80 Å². The zero-order valence-electron chi connectivity index (χ0n) is 51.6. The third kappa shape index (κ3) is 62.5. The molecule has 0 aromatic carbocycles. The van der Waals surface area contributed by atoms with E-state index in [2.05, 4.69) is 37.5 Å². The van der Waals surface area contributed by atoms with Crippen LogP contribution in [0.1, 0.15) is 413 Å². The van der Waals surface area contributed by atoms with Crippen molar-refractivity contribution < 1.29 is 0 Å². The number of hydrogen-bond acceptors (Lipinski definition) is 2. The average molecular weight is 1010 g/mol. The quantitative estimate of drug-likeness (QED) is 0.0560. The zero-order valence-corrected chi connectivity index (χ0v) is 51.6. The molecule has 0 radical (unpaired) electrons. The van der Waals surface area contributed by atoms with Gasteiger partial charge >= 0.3 is 0 Å². The van der Waals surface area contributed by atoms with Crippen LogP contribution in [0.2, 0.25) is 0 Å². The number of rotatable bonds is 67. The Morgan fingerprint density at radius 3 is 0.292 bits per heavy atom. The number of unbranched alkanes of at least 4 members (excludes halogenated alkanes) is 55. The van der Waals surface area contributed by atoms with Crippen LogP contribution in [0.4, 0.5) is 0 Å². The third-order valence-corrected chi connectivity index (χ3v) is 17.0. The van der Waals surface area contributed by atoms with Gasteiger partial charge in [-0.1, -0.05) is 374 Å². The van der Waals surface area contributed by atoms with Gasteiger partial charge < -0.3 is 9.80 Å². The van der Waals surface area contributed by atoms with Crippen LogP contribution in [0, 0.1) is 0 Å². The molecule has 434 valence electrons. The second-order valence-electron chi connectivity index (χ2n) is 24.5. The molecule has 0 aliphatic heterocycles. The van der Waals surface area contributed by atoms with Crippen molar-refractivity contribution in [3.05, 3.63) is 0 Å². The zero-order chi connectivity index (χ0) is 51.8. The Bertz CT molecular complexity index is 766. The lowest BCUT2D eigenvalue weighted by molar-refractivity contribution is 0.244. The summed E-state index contributed by atoms with van der Waals surface area (Å²) in [5.74, 6) is 0. The van der Waals surface area contributed by atoms with Gasteiger partial charge in [0.15, 0.2) is 0 Å². The molecule has 0 N–H and O–H groups in total. The summed E-state index contributed by atoms with van der Waals surface area (Å²) in [7, 11) is 0. The van der Waals surface area contributed by atoms with Crippen LogP contribution in [-0.4, -0.2) is 49.1 Å². The molecule has 0 unspecified atom stereocenters. The summed E-state index contributed by atoms with van der Waals surface area (Å²) in [5.41, 5.74) is 0. The normalized spacial score (nSPS) is 11.9. The monoisotopic (exact) mass is 1010 g/mol. The molecule has 0 amide bonds. The third-order valence-electron chi connectivity index (χ3n) is 17.0. The summed E-state index contributed by atoms with van der Waals surface area (Å²) in [6.45, 7) is 17.5. The molecule has 0 bridgehead atoms.